The third kappa shape index (κ3) is 3.93. The summed E-state index contributed by atoms with van der Waals surface area (Å²) in [5, 5.41) is 2.87. The molecule has 3 N–H and O–H groups in total. The van der Waals surface area contributed by atoms with E-state index in [0.717, 1.165) is 16.7 Å². The number of rotatable bonds is 6. The van der Waals surface area contributed by atoms with E-state index in [-0.39, 0.29) is 11.8 Å². The lowest BCUT2D eigenvalue weighted by atomic mass is 9.86. The molecule has 1 unspecified atom stereocenters. The molecule has 1 atom stereocenters. The summed E-state index contributed by atoms with van der Waals surface area (Å²) < 4.78 is 0. The number of aryl methyl sites for hydroxylation is 3. The topological polar surface area (TPSA) is 55.1 Å². The van der Waals surface area contributed by atoms with Gasteiger partial charge in [0.2, 0.25) is 5.91 Å². The van der Waals surface area contributed by atoms with Gasteiger partial charge in [-0.2, -0.15) is 0 Å². The molecule has 0 spiro atoms. The van der Waals surface area contributed by atoms with E-state index in [1.807, 2.05) is 0 Å². The van der Waals surface area contributed by atoms with E-state index in [1.54, 1.807) is 6.08 Å². The van der Waals surface area contributed by atoms with Gasteiger partial charge in [-0.3, -0.25) is 4.79 Å². The lowest BCUT2D eigenvalue weighted by Gasteiger charge is -2.21. The van der Waals surface area contributed by atoms with Crippen molar-refractivity contribution in [2.45, 2.75) is 33.1 Å². The van der Waals surface area contributed by atoms with Crippen molar-refractivity contribution in [2.75, 3.05) is 13.1 Å². The van der Waals surface area contributed by atoms with Gasteiger partial charge in [-0.15, -0.1) is 6.58 Å². The maximum atomic E-state index is 12.3. The first-order valence-corrected chi connectivity index (χ1v) is 6.67. The Bertz CT molecular complexity index is 443. The fourth-order valence-corrected chi connectivity index (χ4v) is 2.61. The normalized spacial score (nSPS) is 12.0. The molecule has 0 saturated carbocycles. The minimum absolute atomic E-state index is 0.0282. The maximum Gasteiger partial charge on any atom is 0.227 e. The van der Waals surface area contributed by atoms with E-state index in [2.05, 4.69) is 44.8 Å². The van der Waals surface area contributed by atoms with Crippen molar-refractivity contribution in [3.05, 3.63) is 47.0 Å². The molecule has 1 rings (SSSR count). The second kappa shape index (κ2) is 7.10. The van der Waals surface area contributed by atoms with Crippen LogP contribution in [0.1, 0.15) is 34.6 Å². The molecular formula is C16H24N2O. The van der Waals surface area contributed by atoms with Crippen molar-refractivity contribution >= 4 is 5.91 Å². The highest BCUT2D eigenvalue weighted by Crippen LogP contribution is 2.27. The summed E-state index contributed by atoms with van der Waals surface area (Å²) in [7, 11) is 0. The predicted octanol–water partition coefficient (Wildman–Crippen LogP) is 2.35. The molecule has 3 heteroatoms. The zero-order valence-electron chi connectivity index (χ0n) is 12.1. The molecule has 19 heavy (non-hydrogen) atoms. The molecule has 0 fully saturated rings. The Morgan fingerprint density at radius 3 is 2.42 bits per heavy atom. The Morgan fingerprint density at radius 1 is 1.37 bits per heavy atom. The van der Waals surface area contributed by atoms with Gasteiger partial charge in [-0.25, -0.2) is 0 Å². The van der Waals surface area contributed by atoms with Crippen LogP contribution in [-0.4, -0.2) is 19.0 Å². The summed E-state index contributed by atoms with van der Waals surface area (Å²) in [6.45, 7) is 10.8. The van der Waals surface area contributed by atoms with E-state index in [1.165, 1.54) is 5.56 Å². The average molecular weight is 260 g/mol. The van der Waals surface area contributed by atoms with Gasteiger partial charge in [-0.05, 0) is 50.4 Å². The first-order valence-electron chi connectivity index (χ1n) is 6.67. The lowest BCUT2D eigenvalue weighted by molar-refractivity contribution is -0.122. The van der Waals surface area contributed by atoms with Gasteiger partial charge in [0.25, 0.3) is 0 Å². The third-order valence-electron chi connectivity index (χ3n) is 3.28. The first-order chi connectivity index (χ1) is 9.01. The van der Waals surface area contributed by atoms with Crippen molar-refractivity contribution in [2.24, 2.45) is 5.73 Å². The number of amides is 1. The van der Waals surface area contributed by atoms with Gasteiger partial charge in [0.1, 0.15) is 0 Å². The smallest absolute Gasteiger partial charge is 0.227 e. The molecule has 1 amide bonds. The number of nitrogens with two attached hydrogens (primary N) is 1. The van der Waals surface area contributed by atoms with Crippen molar-refractivity contribution < 1.29 is 4.79 Å². The monoisotopic (exact) mass is 260 g/mol. The minimum Gasteiger partial charge on any atom is -0.352 e. The van der Waals surface area contributed by atoms with Crippen LogP contribution in [0, 0.1) is 20.8 Å². The Balaban J connectivity index is 3.11. The quantitative estimate of drug-likeness (QED) is 0.771. The fourth-order valence-electron chi connectivity index (χ4n) is 2.61. The fraction of sp³-hybridized carbons (Fsp3) is 0.438. The van der Waals surface area contributed by atoms with Crippen LogP contribution in [0.4, 0.5) is 0 Å². The number of benzene rings is 1. The summed E-state index contributed by atoms with van der Waals surface area (Å²) >= 11 is 0. The molecule has 3 nitrogen and oxygen atoms in total. The van der Waals surface area contributed by atoms with E-state index in [4.69, 9.17) is 5.73 Å². The number of nitrogens with one attached hydrogen (secondary N) is 1. The molecule has 0 radical (unpaired) electrons. The number of hydrogen-bond acceptors (Lipinski definition) is 2. The molecule has 0 aliphatic rings. The van der Waals surface area contributed by atoms with Crippen molar-refractivity contribution in [1.29, 1.82) is 0 Å². The Hall–Kier alpha value is -1.61. The Morgan fingerprint density at radius 2 is 1.95 bits per heavy atom. The van der Waals surface area contributed by atoms with Gasteiger partial charge >= 0.3 is 0 Å². The second-order valence-electron chi connectivity index (χ2n) is 4.98. The van der Waals surface area contributed by atoms with Crippen LogP contribution >= 0.6 is 0 Å². The van der Waals surface area contributed by atoms with Crippen LogP contribution < -0.4 is 11.1 Å². The van der Waals surface area contributed by atoms with E-state index >= 15 is 0 Å². The molecule has 0 aromatic heterocycles. The predicted molar refractivity (Wildman–Crippen MR) is 80.3 cm³/mol. The molecule has 1 aromatic carbocycles. The largest absolute Gasteiger partial charge is 0.352 e. The minimum atomic E-state index is -0.175. The number of carbonyl (C=O) groups excluding carboxylic acids is 1. The van der Waals surface area contributed by atoms with Gasteiger partial charge in [0, 0.05) is 6.54 Å². The van der Waals surface area contributed by atoms with E-state index in [0.29, 0.717) is 19.5 Å². The summed E-state index contributed by atoms with van der Waals surface area (Å²) in [5.41, 5.74) is 10.3. The summed E-state index contributed by atoms with van der Waals surface area (Å²) in [6, 6.07) is 4.24. The van der Waals surface area contributed by atoms with E-state index in [9.17, 15) is 4.79 Å². The summed E-state index contributed by atoms with van der Waals surface area (Å²) in [6.07, 6.45) is 2.35. The van der Waals surface area contributed by atoms with Crippen molar-refractivity contribution in [1.82, 2.24) is 5.32 Å². The Kier molecular flexibility index (Phi) is 5.77. The van der Waals surface area contributed by atoms with Crippen LogP contribution in [0.25, 0.3) is 0 Å². The van der Waals surface area contributed by atoms with Crippen LogP contribution in [0.15, 0.2) is 24.8 Å². The van der Waals surface area contributed by atoms with Crippen LogP contribution in [-0.2, 0) is 4.79 Å². The van der Waals surface area contributed by atoms with Crippen molar-refractivity contribution in [3.8, 4) is 0 Å². The Labute approximate surface area is 115 Å². The zero-order valence-corrected chi connectivity index (χ0v) is 12.1. The van der Waals surface area contributed by atoms with Crippen LogP contribution in [0.3, 0.4) is 0 Å². The average Bonchev–Trinajstić information content (AvgIpc) is 2.33. The van der Waals surface area contributed by atoms with Crippen LogP contribution in [0.5, 0.6) is 0 Å². The molecule has 0 aliphatic heterocycles. The zero-order chi connectivity index (χ0) is 14.4. The van der Waals surface area contributed by atoms with Crippen LogP contribution in [0.2, 0.25) is 0 Å². The molecular weight excluding hydrogens is 236 g/mol. The summed E-state index contributed by atoms with van der Waals surface area (Å²) in [5.74, 6) is -0.147. The standard InChI is InChI=1S/C16H24N2O/c1-5-8-18-16(19)14(6-7-17)15-12(3)9-11(2)10-13(15)4/h5,9-10,14H,1,6-8,17H2,2-4H3,(H,18,19). The molecule has 0 heterocycles. The van der Waals surface area contributed by atoms with Gasteiger partial charge in [-0.1, -0.05) is 23.8 Å². The molecule has 104 valence electrons. The SMILES string of the molecule is C=CCNC(=O)C(CCN)c1c(C)cc(C)cc1C. The molecule has 0 bridgehead atoms. The molecule has 0 aliphatic carbocycles. The first kappa shape index (κ1) is 15.4. The third-order valence-corrected chi connectivity index (χ3v) is 3.28. The van der Waals surface area contributed by atoms with Gasteiger partial charge in [0.15, 0.2) is 0 Å². The summed E-state index contributed by atoms with van der Waals surface area (Å²) in [4.78, 5) is 12.3. The lowest BCUT2D eigenvalue weighted by Crippen LogP contribution is -2.31. The number of carbonyl (C=O) groups is 1. The highest BCUT2D eigenvalue weighted by molar-refractivity contribution is 5.84. The molecule has 0 saturated heterocycles. The maximum absolute atomic E-state index is 12.3. The molecule has 1 aromatic rings. The highest BCUT2D eigenvalue weighted by atomic mass is 16.1. The highest BCUT2D eigenvalue weighted by Gasteiger charge is 2.22. The second-order valence-corrected chi connectivity index (χ2v) is 4.98. The van der Waals surface area contributed by atoms with Crippen molar-refractivity contribution in [3.63, 3.8) is 0 Å². The van der Waals surface area contributed by atoms with E-state index < -0.39 is 0 Å². The van der Waals surface area contributed by atoms with Gasteiger partial charge < -0.3 is 11.1 Å². The van der Waals surface area contributed by atoms with Gasteiger partial charge in [0.05, 0.1) is 5.92 Å². The number of hydrogen-bond donors (Lipinski definition) is 2.